The topological polar surface area (TPSA) is 64.9 Å². The van der Waals surface area contributed by atoms with Gasteiger partial charge in [0.2, 0.25) is 0 Å². The van der Waals surface area contributed by atoms with Gasteiger partial charge in [0.25, 0.3) is 5.91 Å². The van der Waals surface area contributed by atoms with Crippen molar-refractivity contribution in [2.24, 2.45) is 0 Å². The molecule has 0 aliphatic carbocycles. The minimum Gasteiger partial charge on any atom is -0.497 e. The summed E-state index contributed by atoms with van der Waals surface area (Å²) in [6.07, 6.45) is 1.79. The summed E-state index contributed by atoms with van der Waals surface area (Å²) in [5, 5.41) is 7.03. The molecule has 0 aliphatic heterocycles. The number of fused-ring (bicyclic) bond motifs is 1. The highest BCUT2D eigenvalue weighted by Gasteiger charge is 2.13. The fourth-order valence-electron chi connectivity index (χ4n) is 2.14. The lowest BCUT2D eigenvalue weighted by molar-refractivity contribution is 0.102. The number of benzene rings is 1. The maximum absolute atomic E-state index is 12.3. The van der Waals surface area contributed by atoms with Crippen LogP contribution in [0.1, 0.15) is 10.5 Å². The Morgan fingerprint density at radius 1 is 1.14 bits per heavy atom. The van der Waals surface area contributed by atoms with Crippen molar-refractivity contribution in [1.29, 1.82) is 0 Å². The molecule has 1 N–H and O–H groups in total. The van der Waals surface area contributed by atoms with Crippen LogP contribution in [0.2, 0.25) is 0 Å². The number of amides is 1. The van der Waals surface area contributed by atoms with Gasteiger partial charge < -0.3 is 14.8 Å². The van der Waals surface area contributed by atoms with E-state index in [9.17, 15) is 4.79 Å². The van der Waals surface area contributed by atoms with Crippen molar-refractivity contribution in [3.8, 4) is 11.5 Å². The first kappa shape index (κ1) is 13.9. The lowest BCUT2D eigenvalue weighted by atomic mass is 10.2. The van der Waals surface area contributed by atoms with Crippen LogP contribution in [0.3, 0.4) is 0 Å². The summed E-state index contributed by atoms with van der Waals surface area (Å²) < 4.78 is 12.0. The number of nitrogens with one attached hydrogen (secondary N) is 1. The molecule has 1 aromatic carbocycles. The lowest BCUT2D eigenvalue weighted by Gasteiger charge is -2.10. The van der Waals surface area contributed by atoms with E-state index in [1.54, 1.807) is 42.1 Å². The van der Waals surface area contributed by atoms with Crippen molar-refractivity contribution in [1.82, 2.24) is 9.61 Å². The largest absolute Gasteiger partial charge is 0.497 e. The number of hydrogen-bond acceptors (Lipinski definition) is 4. The minimum atomic E-state index is -0.299. The van der Waals surface area contributed by atoms with Gasteiger partial charge in [-0.3, -0.25) is 4.79 Å². The van der Waals surface area contributed by atoms with E-state index in [0.717, 1.165) is 5.52 Å². The van der Waals surface area contributed by atoms with Gasteiger partial charge in [-0.1, -0.05) is 6.07 Å². The molecule has 0 atom stereocenters. The fourth-order valence-corrected chi connectivity index (χ4v) is 2.14. The van der Waals surface area contributed by atoms with Crippen LogP contribution in [0, 0.1) is 0 Å². The molecule has 22 heavy (non-hydrogen) atoms. The zero-order chi connectivity index (χ0) is 15.5. The molecule has 0 bridgehead atoms. The first-order valence-electron chi connectivity index (χ1n) is 6.69. The predicted octanol–water partition coefficient (Wildman–Crippen LogP) is 2.60. The van der Waals surface area contributed by atoms with Crippen LogP contribution < -0.4 is 14.8 Å². The second-order valence-corrected chi connectivity index (χ2v) is 4.62. The molecule has 0 radical (unpaired) electrons. The molecule has 0 aliphatic rings. The molecule has 2 aromatic heterocycles. The normalized spacial score (nSPS) is 10.5. The second-order valence-electron chi connectivity index (χ2n) is 4.62. The standard InChI is InChI=1S/C16H15N3O3/c1-21-12-6-7-13(15(10-12)22-2)17-16(20)14-9-11-5-3-4-8-19(11)18-14/h3-10H,1-2H3,(H,17,20). The van der Waals surface area contributed by atoms with Crippen molar-refractivity contribution >= 4 is 17.1 Å². The summed E-state index contributed by atoms with van der Waals surface area (Å²) in [7, 11) is 3.11. The first-order valence-corrected chi connectivity index (χ1v) is 6.69. The zero-order valence-electron chi connectivity index (χ0n) is 12.2. The minimum absolute atomic E-state index is 0.299. The van der Waals surface area contributed by atoms with Crippen molar-refractivity contribution in [3.63, 3.8) is 0 Å². The van der Waals surface area contributed by atoms with Gasteiger partial charge in [-0.2, -0.15) is 5.10 Å². The molecular weight excluding hydrogens is 282 g/mol. The lowest BCUT2D eigenvalue weighted by Crippen LogP contribution is -2.13. The number of nitrogens with zero attached hydrogens (tertiary/aromatic N) is 2. The Balaban J connectivity index is 1.87. The molecule has 0 saturated heterocycles. The van der Waals surface area contributed by atoms with Gasteiger partial charge in [0, 0.05) is 12.3 Å². The van der Waals surface area contributed by atoms with Gasteiger partial charge in [-0.15, -0.1) is 0 Å². The molecule has 0 unspecified atom stereocenters. The van der Waals surface area contributed by atoms with Crippen LogP contribution in [0.4, 0.5) is 5.69 Å². The summed E-state index contributed by atoms with van der Waals surface area (Å²) >= 11 is 0. The molecule has 2 heterocycles. The van der Waals surface area contributed by atoms with Gasteiger partial charge in [0.05, 0.1) is 25.4 Å². The SMILES string of the molecule is COc1ccc(NC(=O)c2cc3ccccn3n2)c(OC)c1. The number of anilines is 1. The highest BCUT2D eigenvalue weighted by Crippen LogP contribution is 2.29. The fraction of sp³-hybridized carbons (Fsp3) is 0.125. The number of carbonyl (C=O) groups excluding carboxylic acids is 1. The highest BCUT2D eigenvalue weighted by molar-refractivity contribution is 6.04. The van der Waals surface area contributed by atoms with E-state index in [-0.39, 0.29) is 5.91 Å². The van der Waals surface area contributed by atoms with E-state index < -0.39 is 0 Å². The van der Waals surface area contributed by atoms with Gasteiger partial charge >= 0.3 is 0 Å². The van der Waals surface area contributed by atoms with Crippen LogP contribution in [0.5, 0.6) is 11.5 Å². The van der Waals surface area contributed by atoms with Gasteiger partial charge in [-0.05, 0) is 30.3 Å². The molecule has 1 amide bonds. The summed E-state index contributed by atoms with van der Waals surface area (Å²) in [4.78, 5) is 12.3. The van der Waals surface area contributed by atoms with E-state index in [4.69, 9.17) is 9.47 Å². The van der Waals surface area contributed by atoms with Crippen molar-refractivity contribution in [3.05, 3.63) is 54.4 Å². The number of ether oxygens (including phenoxy) is 2. The Morgan fingerprint density at radius 3 is 2.73 bits per heavy atom. The van der Waals surface area contributed by atoms with Crippen LogP contribution >= 0.6 is 0 Å². The molecule has 0 fully saturated rings. The third-order valence-electron chi connectivity index (χ3n) is 3.26. The third kappa shape index (κ3) is 2.58. The summed E-state index contributed by atoms with van der Waals surface area (Å²) in [6.45, 7) is 0. The zero-order valence-corrected chi connectivity index (χ0v) is 12.2. The molecule has 0 spiro atoms. The van der Waals surface area contributed by atoms with E-state index >= 15 is 0 Å². The summed E-state index contributed by atoms with van der Waals surface area (Å²) in [5.74, 6) is 0.881. The van der Waals surface area contributed by atoms with Gasteiger partial charge in [-0.25, -0.2) is 4.52 Å². The Morgan fingerprint density at radius 2 is 2.00 bits per heavy atom. The Labute approximate surface area is 127 Å². The number of carbonyl (C=O) groups is 1. The second kappa shape index (κ2) is 5.77. The molecule has 6 heteroatoms. The molecule has 3 aromatic rings. The van der Waals surface area contributed by atoms with Crippen LogP contribution in [-0.2, 0) is 0 Å². The first-order chi connectivity index (χ1) is 10.7. The Bertz CT molecular complexity index is 793. The van der Waals surface area contributed by atoms with E-state index in [1.165, 1.54) is 7.11 Å². The maximum atomic E-state index is 12.3. The van der Waals surface area contributed by atoms with Gasteiger partial charge in [0.15, 0.2) is 5.69 Å². The van der Waals surface area contributed by atoms with Crippen LogP contribution in [0.15, 0.2) is 48.7 Å². The Hall–Kier alpha value is -3.02. The molecule has 0 saturated carbocycles. The Kier molecular flexibility index (Phi) is 3.65. The average molecular weight is 297 g/mol. The van der Waals surface area contributed by atoms with E-state index in [0.29, 0.717) is 22.9 Å². The van der Waals surface area contributed by atoms with Crippen molar-refractivity contribution in [2.45, 2.75) is 0 Å². The third-order valence-corrected chi connectivity index (χ3v) is 3.26. The monoisotopic (exact) mass is 297 g/mol. The highest BCUT2D eigenvalue weighted by atomic mass is 16.5. The average Bonchev–Trinajstić information content (AvgIpc) is 2.99. The van der Waals surface area contributed by atoms with Crippen LogP contribution in [-0.4, -0.2) is 29.7 Å². The van der Waals surface area contributed by atoms with Gasteiger partial charge in [0.1, 0.15) is 11.5 Å². The van der Waals surface area contributed by atoms with Crippen LogP contribution in [0.25, 0.3) is 5.52 Å². The summed E-state index contributed by atoms with van der Waals surface area (Å²) in [6, 6.07) is 12.6. The smallest absolute Gasteiger partial charge is 0.276 e. The quantitative estimate of drug-likeness (QED) is 0.804. The molecular formula is C16H15N3O3. The number of hydrogen-bond donors (Lipinski definition) is 1. The maximum Gasteiger partial charge on any atom is 0.276 e. The molecule has 6 nitrogen and oxygen atoms in total. The number of aromatic nitrogens is 2. The molecule has 3 rings (SSSR count). The predicted molar refractivity (Wildman–Crippen MR) is 82.7 cm³/mol. The van der Waals surface area contributed by atoms with Crippen molar-refractivity contribution in [2.75, 3.05) is 19.5 Å². The van der Waals surface area contributed by atoms with E-state index in [2.05, 4.69) is 10.4 Å². The number of rotatable bonds is 4. The summed E-state index contributed by atoms with van der Waals surface area (Å²) in [5.41, 5.74) is 1.75. The molecule has 112 valence electrons. The van der Waals surface area contributed by atoms with E-state index in [1.807, 2.05) is 18.2 Å². The number of methoxy groups -OCH3 is 2. The van der Waals surface area contributed by atoms with Crippen molar-refractivity contribution < 1.29 is 14.3 Å². The number of pyridine rings is 1.